The lowest BCUT2D eigenvalue weighted by Crippen LogP contribution is -2.38. The summed E-state index contributed by atoms with van der Waals surface area (Å²) in [5.41, 5.74) is 0. The minimum atomic E-state index is -0.650. The first-order valence-electron chi connectivity index (χ1n) is 5.05. The van der Waals surface area contributed by atoms with Gasteiger partial charge in [0.25, 0.3) is 0 Å². The normalized spacial score (nSPS) is 19.4. The van der Waals surface area contributed by atoms with E-state index in [0.29, 0.717) is 18.4 Å². The van der Waals surface area contributed by atoms with Crippen LogP contribution in [0.3, 0.4) is 0 Å². The predicted molar refractivity (Wildman–Crippen MR) is 55.3 cm³/mol. The maximum Gasteiger partial charge on any atom is 0.303 e. The number of aliphatic carboxylic acids is 1. The van der Waals surface area contributed by atoms with Crippen LogP contribution in [0.15, 0.2) is 0 Å². The molecule has 0 aromatic carbocycles. The first kappa shape index (κ1) is 13.4. The molecule has 1 aliphatic heterocycles. The molecular weight excluding hydrogens is 182 g/mol. The van der Waals surface area contributed by atoms with Crippen molar-refractivity contribution >= 4 is 5.97 Å². The Morgan fingerprint density at radius 1 is 1.43 bits per heavy atom. The summed E-state index contributed by atoms with van der Waals surface area (Å²) in [6.07, 6.45) is 2.45. The molecule has 1 rings (SSSR count). The number of hydrogen-bond acceptors (Lipinski definition) is 2. The molecule has 84 valence electrons. The average molecular weight is 203 g/mol. The number of likely N-dealkylation sites (tertiary alicyclic amines) is 1. The zero-order chi connectivity index (χ0) is 9.84. The molecule has 0 aliphatic carbocycles. The Morgan fingerprint density at radius 3 is 2.29 bits per heavy atom. The summed E-state index contributed by atoms with van der Waals surface area (Å²) in [5.74, 6) is -0.240. The summed E-state index contributed by atoms with van der Waals surface area (Å²) in [6.45, 7) is 6.51. The predicted octanol–water partition coefficient (Wildman–Crippen LogP) is 0.757. The van der Waals surface area contributed by atoms with Gasteiger partial charge >= 0.3 is 5.97 Å². The smallest absolute Gasteiger partial charge is 0.303 e. The average Bonchev–Trinajstić information content (AvgIpc) is 2.04. The second-order valence-electron chi connectivity index (χ2n) is 4.17. The molecule has 0 bridgehead atoms. The van der Waals surface area contributed by atoms with Crippen LogP contribution in [0, 0.1) is 5.92 Å². The van der Waals surface area contributed by atoms with Crippen LogP contribution >= 0.6 is 0 Å². The van der Waals surface area contributed by atoms with E-state index >= 15 is 0 Å². The van der Waals surface area contributed by atoms with Crippen molar-refractivity contribution in [2.24, 2.45) is 5.92 Å². The topological polar surface area (TPSA) is 72.0 Å². The summed E-state index contributed by atoms with van der Waals surface area (Å²) in [7, 11) is 0. The van der Waals surface area contributed by atoms with Crippen LogP contribution in [-0.4, -0.2) is 40.6 Å². The quantitative estimate of drug-likeness (QED) is 0.736. The Hall–Kier alpha value is -0.610. The van der Waals surface area contributed by atoms with Gasteiger partial charge in [0.05, 0.1) is 0 Å². The van der Waals surface area contributed by atoms with Gasteiger partial charge in [-0.25, -0.2) is 0 Å². The highest BCUT2D eigenvalue weighted by molar-refractivity contribution is 5.67. The molecule has 14 heavy (non-hydrogen) atoms. The molecule has 0 unspecified atom stereocenters. The van der Waals surface area contributed by atoms with E-state index in [9.17, 15) is 4.79 Å². The van der Waals surface area contributed by atoms with E-state index < -0.39 is 5.97 Å². The van der Waals surface area contributed by atoms with E-state index in [0.717, 1.165) is 25.9 Å². The van der Waals surface area contributed by atoms with Crippen LogP contribution in [0.1, 0.15) is 33.1 Å². The van der Waals surface area contributed by atoms with Gasteiger partial charge in [-0.05, 0) is 45.7 Å². The Kier molecular flexibility index (Phi) is 5.72. The van der Waals surface area contributed by atoms with Gasteiger partial charge in [-0.3, -0.25) is 4.79 Å². The molecule has 0 aromatic heterocycles. The molecule has 1 fully saturated rings. The van der Waals surface area contributed by atoms with Gasteiger partial charge in [0.1, 0.15) is 0 Å². The largest absolute Gasteiger partial charge is 0.481 e. The van der Waals surface area contributed by atoms with Crippen LogP contribution in [-0.2, 0) is 4.79 Å². The summed E-state index contributed by atoms with van der Waals surface area (Å²) in [5, 5.41) is 8.63. The molecule has 4 nitrogen and oxygen atoms in total. The summed E-state index contributed by atoms with van der Waals surface area (Å²) >= 11 is 0. The summed E-state index contributed by atoms with van der Waals surface area (Å²) in [4.78, 5) is 12.9. The first-order valence-corrected chi connectivity index (χ1v) is 5.05. The van der Waals surface area contributed by atoms with E-state index in [2.05, 4.69) is 18.7 Å². The number of carboxylic acid groups (broad SMARTS) is 1. The molecule has 3 N–H and O–H groups in total. The maximum absolute atomic E-state index is 10.5. The molecular formula is C10H21NO3. The Balaban J connectivity index is 0.00000169. The lowest BCUT2D eigenvalue weighted by molar-refractivity contribution is -0.138. The number of hydrogen-bond donors (Lipinski definition) is 1. The molecule has 1 aliphatic rings. The minimum Gasteiger partial charge on any atom is -0.481 e. The number of rotatable bonds is 3. The molecule has 4 heteroatoms. The van der Waals surface area contributed by atoms with Gasteiger partial charge in [-0.1, -0.05) is 0 Å². The molecule has 0 saturated carbocycles. The Morgan fingerprint density at radius 2 is 1.93 bits per heavy atom. The summed E-state index contributed by atoms with van der Waals surface area (Å²) < 4.78 is 0. The molecule has 1 heterocycles. The van der Waals surface area contributed by atoms with Crippen molar-refractivity contribution in [3.05, 3.63) is 0 Å². The van der Waals surface area contributed by atoms with Crippen LogP contribution < -0.4 is 0 Å². The van der Waals surface area contributed by atoms with E-state index in [4.69, 9.17) is 5.11 Å². The van der Waals surface area contributed by atoms with Crippen LogP contribution in [0.2, 0.25) is 0 Å². The number of carboxylic acids is 1. The summed E-state index contributed by atoms with van der Waals surface area (Å²) in [6, 6.07) is 0.603. The second-order valence-corrected chi connectivity index (χ2v) is 4.17. The van der Waals surface area contributed by atoms with E-state index in [1.807, 2.05) is 0 Å². The number of nitrogens with zero attached hydrogens (tertiary/aromatic N) is 1. The molecule has 0 amide bonds. The molecule has 0 aromatic rings. The van der Waals surface area contributed by atoms with Crippen molar-refractivity contribution < 1.29 is 15.4 Å². The highest BCUT2D eigenvalue weighted by atomic mass is 16.4. The van der Waals surface area contributed by atoms with Crippen molar-refractivity contribution in [3.8, 4) is 0 Å². The fraction of sp³-hybridized carbons (Fsp3) is 0.900. The Bertz CT molecular complexity index is 174. The van der Waals surface area contributed by atoms with Crippen LogP contribution in [0.4, 0.5) is 0 Å². The third-order valence-corrected chi connectivity index (χ3v) is 2.84. The highest BCUT2D eigenvalue weighted by Gasteiger charge is 2.22. The van der Waals surface area contributed by atoms with Gasteiger partial charge in [0, 0.05) is 12.5 Å². The first-order chi connectivity index (χ1) is 6.09. The minimum absolute atomic E-state index is 0. The van der Waals surface area contributed by atoms with Gasteiger partial charge in [0.2, 0.25) is 0 Å². The van der Waals surface area contributed by atoms with Gasteiger partial charge in [0.15, 0.2) is 0 Å². The lowest BCUT2D eigenvalue weighted by atomic mass is 9.93. The lowest BCUT2D eigenvalue weighted by Gasteiger charge is -2.34. The fourth-order valence-corrected chi connectivity index (χ4v) is 1.92. The second kappa shape index (κ2) is 5.98. The standard InChI is InChI=1S/C10H19NO2.H2O/c1-8(2)11-5-3-9(4-6-11)7-10(12)13;/h8-9H,3-7H2,1-2H3,(H,12,13);1H2. The number of piperidine rings is 1. The molecule has 0 spiro atoms. The molecule has 0 radical (unpaired) electrons. The number of carbonyl (C=O) groups is 1. The third kappa shape index (κ3) is 4.07. The fourth-order valence-electron chi connectivity index (χ4n) is 1.92. The SMILES string of the molecule is CC(C)N1CCC(CC(=O)O)CC1.O. The van der Waals surface area contributed by atoms with Gasteiger partial charge < -0.3 is 15.5 Å². The monoisotopic (exact) mass is 203 g/mol. The zero-order valence-electron chi connectivity index (χ0n) is 8.99. The maximum atomic E-state index is 10.5. The van der Waals surface area contributed by atoms with Crippen molar-refractivity contribution in [2.45, 2.75) is 39.2 Å². The van der Waals surface area contributed by atoms with E-state index in [1.54, 1.807) is 0 Å². The van der Waals surface area contributed by atoms with Crippen molar-refractivity contribution in [1.29, 1.82) is 0 Å². The van der Waals surface area contributed by atoms with Crippen LogP contribution in [0.25, 0.3) is 0 Å². The van der Waals surface area contributed by atoms with E-state index in [-0.39, 0.29) is 5.48 Å². The highest BCUT2D eigenvalue weighted by Crippen LogP contribution is 2.21. The molecule has 0 atom stereocenters. The Labute approximate surface area is 85.2 Å². The van der Waals surface area contributed by atoms with E-state index in [1.165, 1.54) is 0 Å². The third-order valence-electron chi connectivity index (χ3n) is 2.84. The van der Waals surface area contributed by atoms with Gasteiger partial charge in [-0.2, -0.15) is 0 Å². The van der Waals surface area contributed by atoms with Crippen LogP contribution in [0.5, 0.6) is 0 Å². The zero-order valence-corrected chi connectivity index (χ0v) is 8.99. The van der Waals surface area contributed by atoms with Crippen molar-refractivity contribution in [2.75, 3.05) is 13.1 Å². The molecule has 1 saturated heterocycles. The van der Waals surface area contributed by atoms with Crippen molar-refractivity contribution in [1.82, 2.24) is 4.90 Å². The van der Waals surface area contributed by atoms with Gasteiger partial charge in [-0.15, -0.1) is 0 Å². The van der Waals surface area contributed by atoms with Crippen molar-refractivity contribution in [3.63, 3.8) is 0 Å².